The van der Waals surface area contributed by atoms with Crippen LogP contribution in [0.25, 0.3) is 11.1 Å². The van der Waals surface area contributed by atoms with Crippen molar-refractivity contribution in [2.45, 2.75) is 70.4 Å². The maximum Gasteiger partial charge on any atom is 0.226 e. The highest BCUT2D eigenvalue weighted by atomic mass is 35.5. The summed E-state index contributed by atoms with van der Waals surface area (Å²) in [7, 11) is 1.53. The second-order valence-electron chi connectivity index (χ2n) is 15.9. The van der Waals surface area contributed by atoms with Gasteiger partial charge in [-0.25, -0.2) is 0 Å². The molecule has 0 fully saturated rings. The Labute approximate surface area is 379 Å². The lowest BCUT2D eigenvalue weighted by molar-refractivity contribution is -0.142. The molecule has 4 bridgehead atoms. The van der Waals surface area contributed by atoms with E-state index in [1.54, 1.807) is 85.8 Å². The van der Waals surface area contributed by atoms with E-state index in [2.05, 4.69) is 5.32 Å². The topological polar surface area (TPSA) is 230 Å². The smallest absolute Gasteiger partial charge is 0.226 e. The third kappa shape index (κ3) is 13.2. The van der Waals surface area contributed by atoms with Crippen LogP contribution in [0.2, 0.25) is 5.02 Å². The molecule has 1 aliphatic rings. The van der Waals surface area contributed by atoms with Crippen molar-refractivity contribution in [3.63, 3.8) is 0 Å². The molecule has 1 heterocycles. The fourth-order valence-electron chi connectivity index (χ4n) is 7.66. The van der Waals surface area contributed by atoms with E-state index in [9.17, 15) is 29.2 Å². The summed E-state index contributed by atoms with van der Waals surface area (Å²) >= 11 is 6.01. The maximum atomic E-state index is 14.8. The maximum absolute atomic E-state index is 14.8. The molecule has 0 unspecified atom stereocenters. The second-order valence-corrected chi connectivity index (χ2v) is 16.3. The van der Waals surface area contributed by atoms with Crippen LogP contribution in [-0.4, -0.2) is 80.0 Å². The summed E-state index contributed by atoms with van der Waals surface area (Å²) in [5.41, 5.74) is 20.1. The van der Waals surface area contributed by atoms with Gasteiger partial charge < -0.3 is 41.6 Å². The number of nitrogens with zero attached hydrogens (tertiary/aromatic N) is 2. The van der Waals surface area contributed by atoms with Crippen molar-refractivity contribution in [2.24, 2.45) is 29.0 Å². The van der Waals surface area contributed by atoms with E-state index in [4.69, 9.17) is 43.0 Å². The Morgan fingerprint density at radius 3 is 2.09 bits per heavy atom. The predicted molar refractivity (Wildman–Crippen MR) is 244 cm³/mol. The summed E-state index contributed by atoms with van der Waals surface area (Å²) in [6, 6.07) is 23.8. The number of nitrogens with two attached hydrogens (primary N) is 3. The minimum atomic E-state index is -1.21. The van der Waals surface area contributed by atoms with E-state index in [1.807, 2.05) is 12.1 Å². The van der Waals surface area contributed by atoms with Crippen LogP contribution in [0.15, 0.2) is 84.9 Å². The minimum absolute atomic E-state index is 0.0295. The number of nitrogens with one attached hydrogen (secondary N) is 1. The van der Waals surface area contributed by atoms with Gasteiger partial charge in [-0.1, -0.05) is 37.1 Å². The Kier molecular flexibility index (Phi) is 18.4. The Hall–Kier alpha value is -6.11. The number of likely N-dealkylation sites (N-methyl/N-ethyl adjacent to an activating group) is 1. The zero-order chi connectivity index (χ0) is 46.2. The van der Waals surface area contributed by atoms with Crippen LogP contribution in [0.4, 0.5) is 0 Å². The van der Waals surface area contributed by atoms with Gasteiger partial charge in [-0.3, -0.25) is 24.0 Å². The summed E-state index contributed by atoms with van der Waals surface area (Å²) in [5, 5.41) is 12.7. The Morgan fingerprint density at radius 1 is 0.844 bits per heavy atom. The van der Waals surface area contributed by atoms with Crippen molar-refractivity contribution in [1.82, 2.24) is 10.2 Å². The summed E-state index contributed by atoms with van der Waals surface area (Å²) < 4.78 is 18.2. The number of benzene rings is 4. The van der Waals surface area contributed by atoms with Crippen molar-refractivity contribution in [3.8, 4) is 40.2 Å². The summed E-state index contributed by atoms with van der Waals surface area (Å²) in [5.74, 6) is -1.80. The molecule has 1 aliphatic heterocycles. The van der Waals surface area contributed by atoms with Gasteiger partial charge in [0.05, 0.1) is 12.1 Å². The molecule has 0 spiro atoms. The van der Waals surface area contributed by atoms with Crippen molar-refractivity contribution in [1.29, 1.82) is 5.26 Å². The highest BCUT2D eigenvalue weighted by molar-refractivity contribution is 6.30. The number of Topliss-reactive ketones (excluding diaryl/α,β-unsaturated/α-hetero) is 3. The molecule has 7 N–H and O–H groups in total. The molecule has 0 aromatic heterocycles. The van der Waals surface area contributed by atoms with Gasteiger partial charge >= 0.3 is 0 Å². The number of carbonyl (C=O) groups excluding carboxylic acids is 5. The van der Waals surface area contributed by atoms with Crippen LogP contribution in [0.3, 0.4) is 0 Å². The highest BCUT2D eigenvalue weighted by Gasteiger charge is 2.36. The molecule has 4 aromatic carbocycles. The van der Waals surface area contributed by atoms with E-state index < -0.39 is 41.5 Å². The Morgan fingerprint density at radius 2 is 1.47 bits per heavy atom. The van der Waals surface area contributed by atoms with E-state index >= 15 is 0 Å². The van der Waals surface area contributed by atoms with Crippen molar-refractivity contribution >= 4 is 40.8 Å². The normalized spacial score (nSPS) is 16.7. The number of unbranched alkanes of at least 4 members (excludes halogenated alkanes) is 1. The largest absolute Gasteiger partial charge is 0.492 e. The molecular formula is C49H57ClN6O8. The van der Waals surface area contributed by atoms with Gasteiger partial charge in [-0.2, -0.15) is 5.26 Å². The molecule has 4 aromatic rings. The van der Waals surface area contributed by atoms with E-state index in [1.165, 1.54) is 11.9 Å². The first-order valence-corrected chi connectivity index (χ1v) is 21.9. The predicted octanol–water partition coefficient (Wildman–Crippen LogP) is 6.50. The Balaban J connectivity index is 1.56. The number of fused-ring (bicyclic) bond motifs is 5. The highest BCUT2D eigenvalue weighted by Crippen LogP contribution is 2.41. The lowest BCUT2D eigenvalue weighted by atomic mass is 9.87. The van der Waals surface area contributed by atoms with Crippen LogP contribution in [0.1, 0.15) is 79.4 Å². The molecule has 14 nitrogen and oxygen atoms in total. The SMILES string of the molecule is C[C@@H]1CC(=O)[C@@H](N(C)C(=O)[C@H](CCCCN)CC(=O)c2ccc(Oc3ccc(Cl)cc3)cc2)c2ccc(OCCN)c(c2)-c2cc(ccc2OCCN)C[C@@H](C(=O)CCC#N)NC1=O. The van der Waals surface area contributed by atoms with Gasteiger partial charge in [-0.05, 0) is 110 Å². The molecule has 2 amide bonds. The van der Waals surface area contributed by atoms with Gasteiger partial charge in [0.1, 0.15) is 42.3 Å². The zero-order valence-corrected chi connectivity index (χ0v) is 37.1. The molecule has 64 heavy (non-hydrogen) atoms. The van der Waals surface area contributed by atoms with Gasteiger partial charge in [0.15, 0.2) is 17.3 Å². The number of carbonyl (C=O) groups is 5. The number of ether oxygens (including phenoxy) is 3. The zero-order valence-electron chi connectivity index (χ0n) is 36.4. The number of nitriles is 1. The average Bonchev–Trinajstić information content (AvgIpc) is 3.29. The fraction of sp³-hybridized carbons (Fsp3) is 0.388. The van der Waals surface area contributed by atoms with Crippen LogP contribution in [0.5, 0.6) is 23.0 Å². The molecule has 0 aliphatic carbocycles. The number of rotatable bonds is 20. The quantitative estimate of drug-likeness (QED) is 0.0551. The number of hydrogen-bond acceptors (Lipinski definition) is 12. The first kappa shape index (κ1) is 48.9. The summed E-state index contributed by atoms with van der Waals surface area (Å²) in [4.78, 5) is 72.1. The first-order chi connectivity index (χ1) is 30.9. The average molecular weight is 893 g/mol. The molecule has 4 atom stereocenters. The van der Waals surface area contributed by atoms with Gasteiger partial charge in [0, 0.05) is 79.4 Å². The van der Waals surface area contributed by atoms with Crippen molar-refractivity contribution < 1.29 is 38.2 Å². The third-order valence-electron chi connectivity index (χ3n) is 11.0. The monoisotopic (exact) mass is 892 g/mol. The van der Waals surface area contributed by atoms with Crippen molar-refractivity contribution in [3.05, 3.63) is 107 Å². The van der Waals surface area contributed by atoms with Crippen molar-refractivity contribution in [2.75, 3.05) is 39.9 Å². The molecule has 0 saturated carbocycles. The number of amides is 2. The standard InChI is InChI=1S/C49H57ClN6O8/c1-31-26-44(59)47(56(2)49(61)35(6-3-4-20-51)30-43(58)33-9-14-37(15-10-33)64-38-16-12-36(50)13-17-38)34-11-19-46(63-25-23-54)40(29-34)39-27-32(8-18-45(39)62-24-22-53)28-41(55-48(31)60)42(57)7-5-21-52/h8-19,27,29,31,35,41,47H,3-7,20,22-26,28,30,51,53-54H2,1-2H3,(H,55,60)/t31-,35-,41+,47+/m1/s1. The van der Waals surface area contributed by atoms with Crippen LogP contribution < -0.4 is 36.7 Å². The summed E-state index contributed by atoms with van der Waals surface area (Å²) in [6.07, 6.45) is 1.08. The molecule has 338 valence electrons. The Bertz CT molecular complexity index is 2300. The minimum Gasteiger partial charge on any atom is -0.492 e. The number of hydrogen-bond donors (Lipinski definition) is 4. The van der Waals surface area contributed by atoms with Gasteiger partial charge in [-0.15, -0.1) is 0 Å². The van der Waals surface area contributed by atoms with E-state index in [0.29, 0.717) is 81.6 Å². The van der Waals surface area contributed by atoms with Crippen LogP contribution in [0, 0.1) is 23.2 Å². The van der Waals surface area contributed by atoms with Gasteiger partial charge in [0.2, 0.25) is 11.8 Å². The molecular weight excluding hydrogens is 836 g/mol. The molecule has 0 saturated heterocycles. The molecule has 5 rings (SSSR count). The molecule has 15 heteroatoms. The third-order valence-corrected chi connectivity index (χ3v) is 11.3. The second kappa shape index (κ2) is 24.1. The first-order valence-electron chi connectivity index (χ1n) is 21.6. The van der Waals surface area contributed by atoms with Crippen LogP contribution in [-0.2, 0) is 25.6 Å². The number of ketones is 3. The number of halogens is 1. The lowest BCUT2D eigenvalue weighted by Crippen LogP contribution is -2.45. The van der Waals surface area contributed by atoms with Crippen LogP contribution >= 0.6 is 11.6 Å². The van der Waals surface area contributed by atoms with E-state index in [0.717, 1.165) is 0 Å². The molecule has 0 radical (unpaired) electrons. The lowest BCUT2D eigenvalue weighted by Gasteiger charge is -2.32. The van der Waals surface area contributed by atoms with E-state index in [-0.39, 0.29) is 70.0 Å². The summed E-state index contributed by atoms with van der Waals surface area (Å²) in [6.45, 7) is 2.77. The fourth-order valence-corrected chi connectivity index (χ4v) is 7.79. The van der Waals surface area contributed by atoms with Gasteiger partial charge in [0.25, 0.3) is 0 Å².